The number of carbonyl (C=O) groups excluding carboxylic acids is 2. The van der Waals surface area contributed by atoms with Gasteiger partial charge in [0.15, 0.2) is 0 Å². The lowest BCUT2D eigenvalue weighted by atomic mass is 10.1. The Hall–Kier alpha value is -2.82. The van der Waals surface area contributed by atoms with Crippen molar-refractivity contribution < 1.29 is 49.5 Å². The number of hydrogen-bond acceptors (Lipinski definition) is 11. The van der Waals surface area contributed by atoms with Gasteiger partial charge in [0.05, 0.1) is 38.5 Å². The van der Waals surface area contributed by atoms with Crippen LogP contribution in [0.3, 0.4) is 0 Å². The predicted octanol–water partition coefficient (Wildman–Crippen LogP) is 6.57. The third-order valence-electron chi connectivity index (χ3n) is 6.87. The molecule has 2 aromatic rings. The summed E-state index contributed by atoms with van der Waals surface area (Å²) in [6.07, 6.45) is 0.827. The predicted molar refractivity (Wildman–Crippen MR) is 195 cm³/mol. The van der Waals surface area contributed by atoms with E-state index in [0.717, 1.165) is 34.0 Å². The van der Waals surface area contributed by atoms with E-state index >= 15 is 0 Å². The summed E-state index contributed by atoms with van der Waals surface area (Å²) in [6, 6.07) is 13.8. The zero-order valence-electron chi connectivity index (χ0n) is 29.8. The second kappa shape index (κ2) is 19.3. The van der Waals surface area contributed by atoms with Crippen LogP contribution in [0.4, 0.5) is 9.59 Å². The first-order chi connectivity index (χ1) is 23.9. The van der Waals surface area contributed by atoms with Crippen LogP contribution in [0.15, 0.2) is 48.5 Å². The molecule has 2 amide bonds. The van der Waals surface area contributed by atoms with Crippen molar-refractivity contribution in [1.29, 1.82) is 0 Å². The summed E-state index contributed by atoms with van der Waals surface area (Å²) in [4.78, 5) is 24.6. The van der Waals surface area contributed by atoms with Crippen molar-refractivity contribution >= 4 is 57.0 Å². The van der Waals surface area contributed by atoms with Gasteiger partial charge in [0.1, 0.15) is 22.7 Å². The van der Waals surface area contributed by atoms with Crippen LogP contribution in [0.2, 0.25) is 0 Å². The number of carbonyl (C=O) groups is 2. The minimum Gasteiger partial charge on any atom is -0.494 e. The van der Waals surface area contributed by atoms with E-state index in [1.54, 1.807) is 53.7 Å². The first kappa shape index (κ1) is 42.6. The van der Waals surface area contributed by atoms with Crippen molar-refractivity contribution in [1.82, 2.24) is 8.61 Å². The number of nitrogens with zero attached hydrogens (tertiary/aromatic N) is 2. The van der Waals surface area contributed by atoms with Crippen LogP contribution in [-0.2, 0) is 52.3 Å². The first-order valence-corrected chi connectivity index (χ1v) is 19.9. The van der Waals surface area contributed by atoms with Crippen molar-refractivity contribution in [2.45, 2.75) is 90.5 Å². The third-order valence-corrected chi connectivity index (χ3v) is 9.87. The molecule has 0 bridgehead atoms. The Morgan fingerprint density at radius 1 is 0.765 bits per heavy atom. The minimum absolute atomic E-state index is 0.102. The molecule has 4 rings (SSSR count). The Balaban J connectivity index is 0.000000276. The van der Waals surface area contributed by atoms with E-state index in [1.165, 1.54) is 0 Å². The highest BCUT2D eigenvalue weighted by molar-refractivity contribution is 7.85. The monoisotopic (exact) mass is 794 g/mol. The van der Waals surface area contributed by atoms with Gasteiger partial charge in [-0.05, 0) is 103 Å². The molecule has 13 nitrogen and oxygen atoms in total. The second-order valence-electron chi connectivity index (χ2n) is 13.6. The SMILES string of the molecule is CC(C)(C)OC(=O)N1[C@@H](Cc2ccc(OCCCCl)cc2)COS1(=O)=O.CC(C)(C)OC(=O)N1[C@@H](Cc2ccc(OCCCCl)cc2)COS1=O. The lowest BCUT2D eigenvalue weighted by Gasteiger charge is -2.26. The Morgan fingerprint density at radius 2 is 1.22 bits per heavy atom. The normalized spacial score (nSPS) is 20.0. The summed E-state index contributed by atoms with van der Waals surface area (Å²) in [5, 5.41) is 0. The molecule has 51 heavy (non-hydrogen) atoms. The number of alkyl halides is 2. The van der Waals surface area contributed by atoms with Gasteiger partial charge < -0.3 is 18.9 Å². The number of amides is 2. The minimum atomic E-state index is -4.13. The fraction of sp³-hybridized carbons (Fsp3) is 0.588. The molecule has 2 fully saturated rings. The Kier molecular flexibility index (Phi) is 16.1. The maximum atomic E-state index is 12.3. The van der Waals surface area contributed by atoms with Gasteiger partial charge in [-0.25, -0.2) is 13.8 Å². The summed E-state index contributed by atoms with van der Waals surface area (Å²) in [7, 11) is -4.13. The standard InChI is InChI=1S/C17H24ClNO6S.C17H24ClNO5S/c1-17(2,3)25-16(20)19-14(12-24-26(19,21)22)11-13-5-7-15(8-6-13)23-10-4-9-18;1-17(2,3)24-16(20)19-14(12-23-25(19)21)11-13-5-7-15(8-6-13)22-10-4-9-18/h5-8,14H,4,9-12H2,1-3H3;5-8,14H,4,9-12H2,1-3H3/t14-;14-,25?/m00/s1. The van der Waals surface area contributed by atoms with E-state index in [4.69, 9.17) is 50.5 Å². The third kappa shape index (κ3) is 14.3. The molecule has 0 aliphatic carbocycles. The molecule has 2 aliphatic heterocycles. The van der Waals surface area contributed by atoms with E-state index in [-0.39, 0.29) is 19.3 Å². The van der Waals surface area contributed by atoms with Crippen LogP contribution in [0.5, 0.6) is 11.5 Å². The number of rotatable bonds is 12. The lowest BCUT2D eigenvalue weighted by molar-refractivity contribution is 0.0347. The summed E-state index contributed by atoms with van der Waals surface area (Å²) >= 11 is 9.41. The Morgan fingerprint density at radius 3 is 1.67 bits per heavy atom. The molecule has 2 heterocycles. The molecule has 2 aliphatic rings. The highest BCUT2D eigenvalue weighted by atomic mass is 35.5. The molecule has 0 spiro atoms. The van der Waals surface area contributed by atoms with E-state index in [0.29, 0.717) is 47.9 Å². The fourth-order valence-corrected chi connectivity index (χ4v) is 6.99. The zero-order chi connectivity index (χ0) is 37.8. The summed E-state index contributed by atoms with van der Waals surface area (Å²) in [5.41, 5.74) is 0.387. The van der Waals surface area contributed by atoms with Gasteiger partial charge in [-0.3, -0.25) is 8.37 Å². The van der Waals surface area contributed by atoms with Crippen molar-refractivity contribution in [3.63, 3.8) is 0 Å². The van der Waals surface area contributed by atoms with Gasteiger partial charge >= 0.3 is 22.5 Å². The number of benzene rings is 2. The molecule has 1 unspecified atom stereocenters. The molecule has 0 radical (unpaired) electrons. The van der Waals surface area contributed by atoms with Crippen LogP contribution in [0.1, 0.15) is 65.5 Å². The summed E-state index contributed by atoms with van der Waals surface area (Å²) in [5.74, 6) is 2.58. The topological polar surface area (TPSA) is 147 Å². The summed E-state index contributed by atoms with van der Waals surface area (Å²) in [6.45, 7) is 11.5. The molecule has 0 saturated carbocycles. The van der Waals surface area contributed by atoms with E-state index in [1.807, 2.05) is 36.4 Å². The van der Waals surface area contributed by atoms with Crippen LogP contribution < -0.4 is 9.47 Å². The van der Waals surface area contributed by atoms with Gasteiger partial charge in [-0.1, -0.05) is 24.3 Å². The van der Waals surface area contributed by atoms with E-state index in [9.17, 15) is 22.2 Å². The number of halogens is 2. The molecule has 17 heteroatoms. The average Bonchev–Trinajstić information content (AvgIpc) is 3.55. The van der Waals surface area contributed by atoms with Crippen molar-refractivity contribution in [3.8, 4) is 11.5 Å². The molecule has 0 N–H and O–H groups in total. The van der Waals surface area contributed by atoms with E-state index < -0.39 is 51.0 Å². The van der Waals surface area contributed by atoms with Crippen LogP contribution in [0.25, 0.3) is 0 Å². The Bertz CT molecular complexity index is 1550. The zero-order valence-corrected chi connectivity index (χ0v) is 32.9. The largest absolute Gasteiger partial charge is 0.494 e. The van der Waals surface area contributed by atoms with Crippen molar-refractivity contribution in [3.05, 3.63) is 59.7 Å². The van der Waals surface area contributed by atoms with Gasteiger partial charge in [-0.15, -0.1) is 23.2 Å². The van der Waals surface area contributed by atoms with Crippen molar-refractivity contribution in [2.75, 3.05) is 38.2 Å². The molecule has 3 atom stereocenters. The molecule has 286 valence electrons. The second-order valence-corrected chi connectivity index (χ2v) is 16.9. The van der Waals surface area contributed by atoms with Gasteiger partial charge in [0.25, 0.3) is 11.3 Å². The molecule has 2 aromatic carbocycles. The van der Waals surface area contributed by atoms with E-state index in [2.05, 4.69) is 0 Å². The lowest BCUT2D eigenvalue weighted by Crippen LogP contribution is -2.43. The molecular weight excluding hydrogens is 747 g/mol. The first-order valence-electron chi connectivity index (χ1n) is 16.5. The van der Waals surface area contributed by atoms with Crippen LogP contribution in [0, 0.1) is 0 Å². The van der Waals surface area contributed by atoms with Gasteiger partial charge in [0.2, 0.25) is 0 Å². The van der Waals surface area contributed by atoms with Crippen LogP contribution >= 0.6 is 23.2 Å². The molecular formula is C34H48Cl2N2O11S2. The fourth-order valence-electron chi connectivity index (χ4n) is 4.68. The number of ether oxygens (including phenoxy) is 4. The molecule has 0 aromatic heterocycles. The maximum absolute atomic E-state index is 12.3. The highest BCUT2D eigenvalue weighted by Crippen LogP contribution is 2.26. The van der Waals surface area contributed by atoms with Crippen LogP contribution in [-0.4, -0.2) is 94.9 Å². The Labute approximate surface area is 313 Å². The van der Waals surface area contributed by atoms with Crippen molar-refractivity contribution in [2.24, 2.45) is 0 Å². The quantitative estimate of drug-likeness (QED) is 0.170. The molecule has 2 saturated heterocycles. The maximum Gasteiger partial charge on any atom is 0.426 e. The smallest absolute Gasteiger partial charge is 0.426 e. The van der Waals surface area contributed by atoms with Gasteiger partial charge in [-0.2, -0.15) is 17.0 Å². The van der Waals surface area contributed by atoms with Gasteiger partial charge in [0, 0.05) is 11.8 Å². The highest BCUT2D eigenvalue weighted by Gasteiger charge is 2.44. The average molecular weight is 796 g/mol. The summed E-state index contributed by atoms with van der Waals surface area (Å²) < 4.78 is 69.5. The number of hydrogen-bond donors (Lipinski definition) is 0.